The number of methoxy groups -OCH3 is 1. The molecule has 2 aromatic carbocycles. The lowest BCUT2D eigenvalue weighted by Crippen LogP contribution is -2.15. The standard InChI is InChI=1S/C17H14O.C5H12O/c18-17(13-11-15-7-3-1-4-8-15)14-12-16-9-5-2-6-10-16;1-5(2,3)6-4/h1-14H;1-4H3. The summed E-state index contributed by atoms with van der Waals surface area (Å²) in [5.74, 6) is -0.0114. The highest BCUT2D eigenvalue weighted by molar-refractivity contribution is 6.04. The van der Waals surface area contributed by atoms with Gasteiger partial charge in [-0.1, -0.05) is 72.8 Å². The summed E-state index contributed by atoms with van der Waals surface area (Å²) in [4.78, 5) is 11.6. The van der Waals surface area contributed by atoms with E-state index in [1.54, 1.807) is 19.3 Å². The fraction of sp³-hybridized carbons (Fsp3) is 0.227. The number of benzene rings is 2. The summed E-state index contributed by atoms with van der Waals surface area (Å²) in [6, 6.07) is 19.6. The minimum atomic E-state index is -0.0114. The molecule has 0 bridgehead atoms. The van der Waals surface area contributed by atoms with Gasteiger partial charge < -0.3 is 4.74 Å². The van der Waals surface area contributed by atoms with Gasteiger partial charge in [0.15, 0.2) is 5.78 Å². The highest BCUT2D eigenvalue weighted by Gasteiger charge is 2.04. The monoisotopic (exact) mass is 322 g/mol. The van der Waals surface area contributed by atoms with Crippen molar-refractivity contribution in [3.05, 3.63) is 83.9 Å². The first-order valence-electron chi connectivity index (χ1n) is 7.96. The van der Waals surface area contributed by atoms with Crippen LogP contribution in [0.25, 0.3) is 12.2 Å². The van der Waals surface area contributed by atoms with E-state index < -0.39 is 0 Å². The molecule has 0 fully saturated rings. The Morgan fingerprint density at radius 2 is 1.12 bits per heavy atom. The maximum Gasteiger partial charge on any atom is 0.178 e. The van der Waals surface area contributed by atoms with E-state index in [2.05, 4.69) is 0 Å². The Labute approximate surface area is 145 Å². The Bertz CT molecular complexity index is 596. The van der Waals surface area contributed by atoms with Gasteiger partial charge in [-0.05, 0) is 44.1 Å². The van der Waals surface area contributed by atoms with Crippen LogP contribution in [0.15, 0.2) is 72.8 Å². The van der Waals surface area contributed by atoms with Gasteiger partial charge in [0.05, 0.1) is 5.60 Å². The molecule has 0 aliphatic carbocycles. The zero-order chi connectivity index (χ0) is 17.8. The Kier molecular flexibility index (Phi) is 8.45. The van der Waals surface area contributed by atoms with Crippen molar-refractivity contribution in [2.45, 2.75) is 26.4 Å². The second-order valence-electron chi connectivity index (χ2n) is 6.21. The molecule has 0 aromatic heterocycles. The maximum absolute atomic E-state index is 11.6. The van der Waals surface area contributed by atoms with E-state index in [1.807, 2.05) is 93.6 Å². The van der Waals surface area contributed by atoms with Crippen LogP contribution in [0.3, 0.4) is 0 Å². The van der Waals surface area contributed by atoms with Gasteiger partial charge in [0.1, 0.15) is 0 Å². The number of hydrogen-bond donors (Lipinski definition) is 0. The molecule has 0 spiro atoms. The molecule has 0 aliphatic rings. The molecule has 126 valence electrons. The van der Waals surface area contributed by atoms with Crippen LogP contribution < -0.4 is 0 Å². The van der Waals surface area contributed by atoms with Crippen molar-refractivity contribution in [3.8, 4) is 0 Å². The number of hydrogen-bond acceptors (Lipinski definition) is 2. The number of carbonyl (C=O) groups excluding carboxylic acids is 1. The summed E-state index contributed by atoms with van der Waals surface area (Å²) in [7, 11) is 1.71. The molecule has 0 saturated carbocycles. The largest absolute Gasteiger partial charge is 0.379 e. The summed E-state index contributed by atoms with van der Waals surface area (Å²) in [5, 5.41) is 0. The van der Waals surface area contributed by atoms with Crippen LogP contribution in [0.4, 0.5) is 0 Å². The average molecular weight is 322 g/mol. The van der Waals surface area contributed by atoms with Crippen molar-refractivity contribution >= 4 is 17.9 Å². The summed E-state index contributed by atoms with van der Waals surface area (Å²) < 4.78 is 4.94. The lowest BCUT2D eigenvalue weighted by Gasteiger charge is -2.14. The molecule has 0 aliphatic heterocycles. The summed E-state index contributed by atoms with van der Waals surface area (Å²) in [6.07, 6.45) is 6.79. The summed E-state index contributed by atoms with van der Waals surface area (Å²) in [5.41, 5.74) is 2.10. The Morgan fingerprint density at radius 1 is 0.792 bits per heavy atom. The van der Waals surface area contributed by atoms with Gasteiger partial charge in [0.2, 0.25) is 0 Å². The Hall–Kier alpha value is -2.45. The SMILES string of the molecule is COC(C)(C)C.O=C(C=Cc1ccccc1)C=Cc1ccccc1. The first-order valence-corrected chi connectivity index (χ1v) is 7.96. The molecule has 0 unspecified atom stereocenters. The number of carbonyl (C=O) groups is 1. The van der Waals surface area contributed by atoms with Crippen molar-refractivity contribution < 1.29 is 9.53 Å². The highest BCUT2D eigenvalue weighted by atomic mass is 16.5. The zero-order valence-electron chi connectivity index (χ0n) is 14.9. The molecule has 2 aromatic rings. The van der Waals surface area contributed by atoms with Crippen molar-refractivity contribution in [1.82, 2.24) is 0 Å². The molecule has 24 heavy (non-hydrogen) atoms. The van der Waals surface area contributed by atoms with Crippen LogP contribution >= 0.6 is 0 Å². The highest BCUT2D eigenvalue weighted by Crippen LogP contribution is 2.04. The second-order valence-corrected chi connectivity index (χ2v) is 6.21. The van der Waals surface area contributed by atoms with Crippen LogP contribution in [0, 0.1) is 0 Å². The first-order chi connectivity index (χ1) is 11.4. The molecule has 2 heteroatoms. The van der Waals surface area contributed by atoms with E-state index in [1.165, 1.54) is 0 Å². The topological polar surface area (TPSA) is 26.3 Å². The molecule has 0 radical (unpaired) electrons. The minimum absolute atomic E-state index is 0.0114. The lowest BCUT2D eigenvalue weighted by molar-refractivity contribution is -0.110. The molecule has 2 rings (SSSR count). The summed E-state index contributed by atoms with van der Waals surface area (Å²) >= 11 is 0. The Balaban J connectivity index is 0.000000413. The fourth-order valence-corrected chi connectivity index (χ4v) is 1.54. The van der Waals surface area contributed by atoms with Crippen molar-refractivity contribution in [2.24, 2.45) is 0 Å². The van der Waals surface area contributed by atoms with Gasteiger partial charge in [-0.3, -0.25) is 4.79 Å². The lowest BCUT2D eigenvalue weighted by atomic mass is 10.1. The molecule has 2 nitrogen and oxygen atoms in total. The normalized spacial score (nSPS) is 11.3. The minimum Gasteiger partial charge on any atom is -0.379 e. The van der Waals surface area contributed by atoms with Gasteiger partial charge in [0, 0.05) is 7.11 Å². The van der Waals surface area contributed by atoms with Crippen LogP contribution in [0.1, 0.15) is 31.9 Å². The van der Waals surface area contributed by atoms with Crippen LogP contribution in [-0.4, -0.2) is 18.5 Å². The quantitative estimate of drug-likeness (QED) is 0.703. The van der Waals surface area contributed by atoms with E-state index in [4.69, 9.17) is 4.74 Å². The number of ketones is 1. The van der Waals surface area contributed by atoms with Gasteiger partial charge in [-0.2, -0.15) is 0 Å². The number of ether oxygens (including phenoxy) is 1. The van der Waals surface area contributed by atoms with Crippen LogP contribution in [0.2, 0.25) is 0 Å². The van der Waals surface area contributed by atoms with Crippen molar-refractivity contribution in [1.29, 1.82) is 0 Å². The smallest absolute Gasteiger partial charge is 0.178 e. The third kappa shape index (κ3) is 9.54. The molecule has 0 N–H and O–H groups in total. The van der Waals surface area contributed by atoms with E-state index in [9.17, 15) is 4.79 Å². The fourth-order valence-electron chi connectivity index (χ4n) is 1.54. The predicted molar refractivity (Wildman–Crippen MR) is 103 cm³/mol. The molecule has 0 heterocycles. The van der Waals surface area contributed by atoms with E-state index >= 15 is 0 Å². The van der Waals surface area contributed by atoms with E-state index in [0.717, 1.165) is 11.1 Å². The molecule has 0 saturated heterocycles. The third-order valence-corrected chi connectivity index (χ3v) is 3.09. The van der Waals surface area contributed by atoms with Crippen LogP contribution in [0.5, 0.6) is 0 Å². The van der Waals surface area contributed by atoms with Crippen molar-refractivity contribution in [3.63, 3.8) is 0 Å². The number of rotatable bonds is 4. The maximum atomic E-state index is 11.6. The average Bonchev–Trinajstić information content (AvgIpc) is 2.60. The third-order valence-electron chi connectivity index (χ3n) is 3.09. The van der Waals surface area contributed by atoms with E-state index in [0.29, 0.717) is 0 Å². The van der Waals surface area contributed by atoms with Gasteiger partial charge in [0.25, 0.3) is 0 Å². The zero-order valence-corrected chi connectivity index (χ0v) is 14.9. The van der Waals surface area contributed by atoms with Gasteiger partial charge in [-0.25, -0.2) is 0 Å². The van der Waals surface area contributed by atoms with E-state index in [-0.39, 0.29) is 11.4 Å². The molecular weight excluding hydrogens is 296 g/mol. The number of allylic oxidation sites excluding steroid dienone is 2. The first kappa shape index (κ1) is 19.6. The van der Waals surface area contributed by atoms with Crippen LogP contribution in [-0.2, 0) is 9.53 Å². The van der Waals surface area contributed by atoms with Gasteiger partial charge in [-0.15, -0.1) is 0 Å². The Morgan fingerprint density at radius 3 is 1.42 bits per heavy atom. The molecule has 0 atom stereocenters. The molecule has 0 amide bonds. The second kappa shape index (κ2) is 10.3. The van der Waals surface area contributed by atoms with Gasteiger partial charge >= 0.3 is 0 Å². The summed E-state index contributed by atoms with van der Waals surface area (Å²) in [6.45, 7) is 6.06. The van der Waals surface area contributed by atoms with Crippen molar-refractivity contribution in [2.75, 3.05) is 7.11 Å². The predicted octanol–water partition coefficient (Wildman–Crippen LogP) is 5.41. The molecular formula is C22H26O2.